The summed E-state index contributed by atoms with van der Waals surface area (Å²) in [5.41, 5.74) is 0. The highest BCUT2D eigenvalue weighted by Gasteiger charge is 2.27. The van der Waals surface area contributed by atoms with Crippen molar-refractivity contribution in [1.82, 2.24) is 4.90 Å². The first-order chi connectivity index (χ1) is 7.29. The number of alkyl halides is 1. The maximum Gasteiger partial charge on any atom is 0.237 e. The average Bonchev–Trinajstić information content (AvgIpc) is 2.23. The molecule has 0 spiro atoms. The molecule has 2 aliphatic rings. The summed E-state index contributed by atoms with van der Waals surface area (Å²) in [6.07, 6.45) is 2.40. The molecular formula is C10H16ClNO3. The van der Waals surface area contributed by atoms with E-state index in [1.54, 1.807) is 0 Å². The van der Waals surface area contributed by atoms with Gasteiger partial charge in [-0.3, -0.25) is 4.79 Å². The number of nitrogens with zero attached hydrogens (tertiary/aromatic N) is 1. The first kappa shape index (κ1) is 11.2. The maximum absolute atomic E-state index is 11.3. The first-order valence-corrected chi connectivity index (χ1v) is 5.90. The van der Waals surface area contributed by atoms with Crippen LogP contribution in [0.1, 0.15) is 12.8 Å². The highest BCUT2D eigenvalue weighted by Crippen LogP contribution is 2.18. The predicted molar refractivity (Wildman–Crippen MR) is 56.0 cm³/mol. The normalized spacial score (nSPS) is 23.9. The van der Waals surface area contributed by atoms with Crippen LogP contribution in [-0.2, 0) is 14.3 Å². The fourth-order valence-electron chi connectivity index (χ4n) is 1.89. The zero-order valence-electron chi connectivity index (χ0n) is 8.65. The largest absolute Gasteiger partial charge is 0.376 e. The van der Waals surface area contributed by atoms with Crippen molar-refractivity contribution in [3.8, 4) is 0 Å². The summed E-state index contributed by atoms with van der Waals surface area (Å²) in [6.45, 7) is 2.98. The summed E-state index contributed by atoms with van der Waals surface area (Å²) in [7, 11) is 0. The summed E-state index contributed by atoms with van der Waals surface area (Å²) in [4.78, 5) is 13.1. The zero-order chi connectivity index (χ0) is 10.7. The molecule has 2 heterocycles. The summed E-state index contributed by atoms with van der Waals surface area (Å²) in [6, 6.07) is 0. The van der Waals surface area contributed by atoms with E-state index in [2.05, 4.69) is 0 Å². The van der Waals surface area contributed by atoms with Crippen LogP contribution in [0.25, 0.3) is 0 Å². The van der Waals surface area contributed by atoms with Crippen LogP contribution < -0.4 is 0 Å². The maximum atomic E-state index is 11.3. The molecule has 86 valence electrons. The van der Waals surface area contributed by atoms with E-state index in [1.165, 1.54) is 0 Å². The summed E-state index contributed by atoms with van der Waals surface area (Å²) < 4.78 is 10.8. The molecule has 0 aromatic rings. The Hall–Kier alpha value is -0.320. The van der Waals surface area contributed by atoms with E-state index >= 15 is 0 Å². The van der Waals surface area contributed by atoms with Crippen LogP contribution in [0.15, 0.2) is 0 Å². The molecule has 0 N–H and O–H groups in total. The number of piperidine rings is 1. The third kappa shape index (κ3) is 2.83. The second-order valence-corrected chi connectivity index (χ2v) is 4.28. The van der Waals surface area contributed by atoms with E-state index in [0.29, 0.717) is 6.10 Å². The van der Waals surface area contributed by atoms with Crippen molar-refractivity contribution in [2.75, 3.05) is 32.2 Å². The van der Waals surface area contributed by atoms with Crippen molar-refractivity contribution in [2.24, 2.45) is 0 Å². The van der Waals surface area contributed by atoms with Gasteiger partial charge in [0, 0.05) is 13.1 Å². The van der Waals surface area contributed by atoms with Gasteiger partial charge >= 0.3 is 0 Å². The van der Waals surface area contributed by atoms with Gasteiger partial charge in [-0.05, 0) is 12.8 Å². The Morgan fingerprint density at radius 2 is 2.00 bits per heavy atom. The SMILES string of the molecule is O=C(CCl)N1CCC(OC2COC2)CC1. The Morgan fingerprint density at radius 1 is 1.33 bits per heavy atom. The average molecular weight is 234 g/mol. The van der Waals surface area contributed by atoms with Gasteiger partial charge < -0.3 is 14.4 Å². The van der Waals surface area contributed by atoms with Crippen molar-refractivity contribution < 1.29 is 14.3 Å². The summed E-state index contributed by atoms with van der Waals surface area (Å²) in [5.74, 6) is 0.115. The minimum Gasteiger partial charge on any atom is -0.376 e. The van der Waals surface area contributed by atoms with E-state index in [1.807, 2.05) is 4.90 Å². The molecule has 2 saturated heterocycles. The van der Waals surface area contributed by atoms with Crippen LogP contribution in [0.2, 0.25) is 0 Å². The number of carbonyl (C=O) groups is 1. The number of ether oxygens (including phenoxy) is 2. The molecule has 5 heteroatoms. The molecule has 0 unspecified atom stereocenters. The lowest BCUT2D eigenvalue weighted by atomic mass is 10.1. The predicted octanol–water partition coefficient (Wildman–Crippen LogP) is 0.632. The number of hydrogen-bond acceptors (Lipinski definition) is 3. The van der Waals surface area contributed by atoms with E-state index < -0.39 is 0 Å². The molecule has 2 rings (SSSR count). The third-order valence-electron chi connectivity index (χ3n) is 2.90. The molecule has 0 aromatic heterocycles. The van der Waals surface area contributed by atoms with Crippen LogP contribution in [0.4, 0.5) is 0 Å². The van der Waals surface area contributed by atoms with Gasteiger partial charge in [0.15, 0.2) is 0 Å². The topological polar surface area (TPSA) is 38.8 Å². The molecule has 2 aliphatic heterocycles. The van der Waals surface area contributed by atoms with Crippen LogP contribution in [0.5, 0.6) is 0 Å². The minimum atomic E-state index is 0.0297. The molecule has 2 fully saturated rings. The Kier molecular flexibility index (Phi) is 3.83. The van der Waals surface area contributed by atoms with E-state index in [-0.39, 0.29) is 17.9 Å². The van der Waals surface area contributed by atoms with Crippen LogP contribution in [0.3, 0.4) is 0 Å². The highest BCUT2D eigenvalue weighted by molar-refractivity contribution is 6.27. The van der Waals surface area contributed by atoms with Gasteiger partial charge in [0.05, 0.1) is 19.3 Å². The molecule has 1 amide bonds. The fraction of sp³-hybridized carbons (Fsp3) is 0.900. The second-order valence-electron chi connectivity index (χ2n) is 4.01. The molecule has 0 bridgehead atoms. The lowest BCUT2D eigenvalue weighted by Crippen LogP contribution is -2.45. The number of carbonyl (C=O) groups excluding carboxylic acids is 1. The van der Waals surface area contributed by atoms with Crippen molar-refractivity contribution in [3.05, 3.63) is 0 Å². The number of halogens is 1. The number of likely N-dealkylation sites (tertiary alicyclic amines) is 1. The van der Waals surface area contributed by atoms with Crippen molar-refractivity contribution in [3.63, 3.8) is 0 Å². The third-order valence-corrected chi connectivity index (χ3v) is 3.13. The Bertz CT molecular complexity index is 225. The molecule has 0 atom stereocenters. The molecular weight excluding hydrogens is 218 g/mol. The molecule has 0 aromatic carbocycles. The lowest BCUT2D eigenvalue weighted by molar-refractivity contribution is -0.164. The van der Waals surface area contributed by atoms with E-state index in [0.717, 1.165) is 39.1 Å². The second kappa shape index (κ2) is 5.14. The van der Waals surface area contributed by atoms with Gasteiger partial charge in [-0.25, -0.2) is 0 Å². The number of hydrogen-bond donors (Lipinski definition) is 0. The Labute approximate surface area is 94.5 Å². The molecule has 4 nitrogen and oxygen atoms in total. The Balaban J connectivity index is 1.69. The van der Waals surface area contributed by atoms with E-state index in [4.69, 9.17) is 21.1 Å². The monoisotopic (exact) mass is 233 g/mol. The van der Waals surface area contributed by atoms with Gasteiger partial charge in [0.25, 0.3) is 0 Å². The first-order valence-electron chi connectivity index (χ1n) is 5.36. The highest BCUT2D eigenvalue weighted by atomic mass is 35.5. The van der Waals surface area contributed by atoms with Gasteiger partial charge in [0.2, 0.25) is 5.91 Å². The smallest absolute Gasteiger partial charge is 0.237 e. The van der Waals surface area contributed by atoms with Gasteiger partial charge in [0.1, 0.15) is 12.0 Å². The molecule has 0 aliphatic carbocycles. The van der Waals surface area contributed by atoms with Gasteiger partial charge in [-0.15, -0.1) is 11.6 Å². The quantitative estimate of drug-likeness (QED) is 0.672. The van der Waals surface area contributed by atoms with Crippen molar-refractivity contribution in [2.45, 2.75) is 25.0 Å². The summed E-state index contributed by atoms with van der Waals surface area (Å²) in [5, 5.41) is 0. The van der Waals surface area contributed by atoms with Crippen LogP contribution in [-0.4, -0.2) is 55.2 Å². The number of rotatable bonds is 3. The number of amides is 1. The van der Waals surface area contributed by atoms with Crippen LogP contribution >= 0.6 is 11.6 Å². The minimum absolute atomic E-state index is 0.0297. The van der Waals surface area contributed by atoms with Crippen LogP contribution in [0, 0.1) is 0 Å². The Morgan fingerprint density at radius 3 is 2.47 bits per heavy atom. The lowest BCUT2D eigenvalue weighted by Gasteiger charge is -2.36. The fourth-order valence-corrected chi connectivity index (χ4v) is 2.06. The molecule has 0 radical (unpaired) electrons. The van der Waals surface area contributed by atoms with E-state index in [9.17, 15) is 4.79 Å². The van der Waals surface area contributed by atoms with Crippen molar-refractivity contribution >= 4 is 17.5 Å². The molecule has 0 saturated carbocycles. The zero-order valence-corrected chi connectivity index (χ0v) is 9.41. The summed E-state index contributed by atoms with van der Waals surface area (Å²) >= 11 is 5.50. The van der Waals surface area contributed by atoms with Gasteiger partial charge in [-0.1, -0.05) is 0 Å². The van der Waals surface area contributed by atoms with Crippen molar-refractivity contribution in [1.29, 1.82) is 0 Å². The molecule has 15 heavy (non-hydrogen) atoms. The standard InChI is InChI=1S/C10H16ClNO3/c11-5-10(13)12-3-1-8(2-4-12)15-9-6-14-7-9/h8-9H,1-7H2. The van der Waals surface area contributed by atoms with Gasteiger partial charge in [-0.2, -0.15) is 0 Å².